The van der Waals surface area contributed by atoms with Crippen LogP contribution in [-0.2, 0) is 18.9 Å². The van der Waals surface area contributed by atoms with Gasteiger partial charge in [0.2, 0.25) is 0 Å². The Bertz CT molecular complexity index is 1090. The maximum atomic E-state index is 6.63. The molecule has 2 aliphatic rings. The highest BCUT2D eigenvalue weighted by atomic mass is 16.8. The van der Waals surface area contributed by atoms with Crippen LogP contribution in [0.5, 0.6) is 11.5 Å². The molecule has 0 spiro atoms. The van der Waals surface area contributed by atoms with Crippen LogP contribution in [0.1, 0.15) is 23.0 Å². The van der Waals surface area contributed by atoms with Crippen LogP contribution in [0.25, 0.3) is 0 Å². The second-order valence-electron chi connectivity index (χ2n) is 8.65. The lowest BCUT2D eigenvalue weighted by Gasteiger charge is -2.48. The summed E-state index contributed by atoms with van der Waals surface area (Å²) in [4.78, 5) is 0. The number of ether oxygens (including phenoxy) is 6. The van der Waals surface area contributed by atoms with E-state index in [-0.39, 0.29) is 6.10 Å². The van der Waals surface area contributed by atoms with E-state index in [1.807, 2.05) is 92.7 Å². The molecule has 0 N–H and O–H groups in total. The Hall–Kier alpha value is -2.90. The smallest absolute Gasteiger partial charge is 0.198 e. The molecule has 5 rings (SSSR count). The van der Waals surface area contributed by atoms with Gasteiger partial charge in [0.25, 0.3) is 0 Å². The van der Waals surface area contributed by atoms with Crippen LogP contribution >= 0.6 is 0 Å². The van der Waals surface area contributed by atoms with Crippen molar-refractivity contribution >= 4 is 0 Å². The summed E-state index contributed by atoms with van der Waals surface area (Å²) in [6, 6.07) is 25.7. The van der Waals surface area contributed by atoms with Crippen molar-refractivity contribution in [1.29, 1.82) is 0 Å². The second-order valence-corrected chi connectivity index (χ2v) is 8.65. The number of rotatable bonds is 6. The van der Waals surface area contributed by atoms with Crippen molar-refractivity contribution in [2.45, 2.75) is 50.8 Å². The third-order valence-electron chi connectivity index (χ3n) is 6.30. The molecular weight excluding hydrogens is 432 g/mol. The standard InChI is InChI=1S/C28H30O6/c1-18-11-7-9-15-21(18)31-25-24-23(17-30-27(34-24)20-13-5-4-6-14-20)33-28(29-3)26(25)32-22-16-10-8-12-19(22)2/h4-16,23-28H,17H2,1-3H3/t23-,24-,25+,26-,27?,28+/m1/s1. The summed E-state index contributed by atoms with van der Waals surface area (Å²) in [5.74, 6) is 1.52. The summed E-state index contributed by atoms with van der Waals surface area (Å²) >= 11 is 0. The zero-order valence-electron chi connectivity index (χ0n) is 19.6. The van der Waals surface area contributed by atoms with Gasteiger partial charge in [-0.05, 0) is 37.1 Å². The summed E-state index contributed by atoms with van der Waals surface area (Å²) < 4.78 is 37.7. The van der Waals surface area contributed by atoms with E-state index in [4.69, 9.17) is 28.4 Å². The number of hydrogen-bond donors (Lipinski definition) is 0. The zero-order chi connectivity index (χ0) is 23.5. The molecule has 0 aliphatic carbocycles. The van der Waals surface area contributed by atoms with E-state index in [9.17, 15) is 0 Å². The molecule has 6 atom stereocenters. The van der Waals surface area contributed by atoms with Crippen molar-refractivity contribution in [3.8, 4) is 11.5 Å². The van der Waals surface area contributed by atoms with Gasteiger partial charge in [-0.15, -0.1) is 0 Å². The van der Waals surface area contributed by atoms with E-state index < -0.39 is 30.9 Å². The Morgan fingerprint density at radius 3 is 1.91 bits per heavy atom. The first-order valence-corrected chi connectivity index (χ1v) is 11.6. The normalized spacial score (nSPS) is 28.7. The van der Waals surface area contributed by atoms with Crippen molar-refractivity contribution in [3.05, 3.63) is 95.6 Å². The highest BCUT2D eigenvalue weighted by Crippen LogP contribution is 2.38. The molecule has 2 saturated heterocycles. The lowest BCUT2D eigenvalue weighted by atomic mass is 9.96. The van der Waals surface area contributed by atoms with Gasteiger partial charge < -0.3 is 28.4 Å². The van der Waals surface area contributed by atoms with Gasteiger partial charge >= 0.3 is 0 Å². The topological polar surface area (TPSA) is 55.4 Å². The average molecular weight is 463 g/mol. The van der Waals surface area contributed by atoms with Gasteiger partial charge in [-0.25, -0.2) is 0 Å². The molecule has 34 heavy (non-hydrogen) atoms. The molecule has 0 aromatic heterocycles. The molecule has 0 amide bonds. The van der Waals surface area contributed by atoms with Gasteiger partial charge in [0.15, 0.2) is 24.8 Å². The van der Waals surface area contributed by atoms with Crippen molar-refractivity contribution in [1.82, 2.24) is 0 Å². The molecule has 2 aliphatic heterocycles. The molecule has 0 saturated carbocycles. The number of fused-ring (bicyclic) bond motifs is 1. The summed E-state index contributed by atoms with van der Waals surface area (Å²) in [7, 11) is 1.61. The molecule has 0 bridgehead atoms. The van der Waals surface area contributed by atoms with Crippen molar-refractivity contribution in [2.75, 3.05) is 13.7 Å². The van der Waals surface area contributed by atoms with E-state index in [0.717, 1.165) is 28.2 Å². The second kappa shape index (κ2) is 10.2. The molecule has 3 aromatic carbocycles. The average Bonchev–Trinajstić information content (AvgIpc) is 2.87. The Kier molecular flexibility index (Phi) is 6.83. The Labute approximate surface area is 200 Å². The van der Waals surface area contributed by atoms with Gasteiger partial charge in [-0.2, -0.15) is 0 Å². The largest absolute Gasteiger partial charge is 0.483 e. The minimum absolute atomic E-state index is 0.356. The molecule has 2 fully saturated rings. The summed E-state index contributed by atoms with van der Waals surface area (Å²) in [5, 5.41) is 0. The maximum absolute atomic E-state index is 6.63. The van der Waals surface area contributed by atoms with Crippen LogP contribution < -0.4 is 9.47 Å². The number of para-hydroxylation sites is 2. The first-order valence-electron chi connectivity index (χ1n) is 11.6. The minimum atomic E-state index is -0.657. The van der Waals surface area contributed by atoms with Gasteiger partial charge in [0.1, 0.15) is 23.7 Å². The van der Waals surface area contributed by atoms with Crippen LogP contribution in [0.2, 0.25) is 0 Å². The third-order valence-corrected chi connectivity index (χ3v) is 6.30. The molecule has 1 unspecified atom stereocenters. The fourth-order valence-electron chi connectivity index (χ4n) is 4.45. The number of hydrogen-bond acceptors (Lipinski definition) is 6. The Morgan fingerprint density at radius 1 is 0.706 bits per heavy atom. The molecule has 6 heteroatoms. The minimum Gasteiger partial charge on any atom is -0.483 e. The summed E-state index contributed by atoms with van der Waals surface area (Å²) in [5.41, 5.74) is 2.99. The maximum Gasteiger partial charge on any atom is 0.198 e. The molecule has 178 valence electrons. The Morgan fingerprint density at radius 2 is 1.29 bits per heavy atom. The van der Waals surface area contributed by atoms with Crippen molar-refractivity contribution in [3.63, 3.8) is 0 Å². The molecular formula is C28H30O6. The van der Waals surface area contributed by atoms with E-state index in [1.165, 1.54) is 0 Å². The fraction of sp³-hybridized carbons (Fsp3) is 0.357. The number of benzene rings is 3. The van der Waals surface area contributed by atoms with E-state index in [0.29, 0.717) is 6.61 Å². The van der Waals surface area contributed by atoms with Crippen molar-refractivity contribution in [2.24, 2.45) is 0 Å². The summed E-state index contributed by atoms with van der Waals surface area (Å²) in [6.45, 7) is 4.39. The van der Waals surface area contributed by atoms with Gasteiger partial charge in [-0.1, -0.05) is 66.7 Å². The van der Waals surface area contributed by atoms with Gasteiger partial charge in [-0.3, -0.25) is 0 Å². The van der Waals surface area contributed by atoms with Crippen LogP contribution in [0.4, 0.5) is 0 Å². The van der Waals surface area contributed by atoms with E-state index in [1.54, 1.807) is 7.11 Å². The quantitative estimate of drug-likeness (QED) is 0.515. The number of aryl methyl sites for hydroxylation is 2. The summed E-state index contributed by atoms with van der Waals surface area (Å²) in [6.07, 6.45) is -3.04. The highest BCUT2D eigenvalue weighted by Gasteiger charge is 2.53. The van der Waals surface area contributed by atoms with E-state index >= 15 is 0 Å². The van der Waals surface area contributed by atoms with Crippen LogP contribution in [0.3, 0.4) is 0 Å². The molecule has 6 nitrogen and oxygen atoms in total. The fourth-order valence-corrected chi connectivity index (χ4v) is 4.45. The van der Waals surface area contributed by atoms with Crippen LogP contribution in [0.15, 0.2) is 78.9 Å². The monoisotopic (exact) mass is 462 g/mol. The highest BCUT2D eigenvalue weighted by molar-refractivity contribution is 5.34. The molecule has 0 radical (unpaired) electrons. The van der Waals surface area contributed by atoms with Crippen LogP contribution in [-0.4, -0.2) is 44.4 Å². The molecule has 2 heterocycles. The lowest BCUT2D eigenvalue weighted by Crippen LogP contribution is -2.65. The lowest BCUT2D eigenvalue weighted by molar-refractivity contribution is -0.351. The first-order chi connectivity index (χ1) is 16.6. The van der Waals surface area contributed by atoms with Gasteiger partial charge in [0, 0.05) is 12.7 Å². The van der Waals surface area contributed by atoms with Crippen molar-refractivity contribution < 1.29 is 28.4 Å². The first kappa shape index (κ1) is 22.9. The SMILES string of the molecule is CO[C@H]1O[C@@H]2COC(c3ccccc3)O[C@H]2[C@H](Oc2ccccc2C)[C@H]1Oc1ccccc1C. The van der Waals surface area contributed by atoms with Gasteiger partial charge in [0.05, 0.1) is 6.61 Å². The molecule has 3 aromatic rings. The predicted molar refractivity (Wildman–Crippen MR) is 127 cm³/mol. The predicted octanol–water partition coefficient (Wildman–Crippen LogP) is 4.98. The number of methoxy groups -OCH3 is 1. The third kappa shape index (κ3) is 4.68. The van der Waals surface area contributed by atoms with Crippen LogP contribution in [0, 0.1) is 13.8 Å². The van der Waals surface area contributed by atoms with E-state index in [2.05, 4.69) is 0 Å². The Balaban J connectivity index is 1.50. The zero-order valence-corrected chi connectivity index (χ0v) is 19.6.